The summed E-state index contributed by atoms with van der Waals surface area (Å²) in [5.74, 6) is -2.60. The Hall–Kier alpha value is -2.91. The molecule has 2 aromatic heterocycles. The van der Waals surface area contributed by atoms with Crippen LogP contribution in [0.25, 0.3) is 0 Å². The first-order valence-electron chi connectivity index (χ1n) is 12.3. The zero-order chi connectivity index (χ0) is 28.2. The highest BCUT2D eigenvalue weighted by molar-refractivity contribution is 7.89. The van der Waals surface area contributed by atoms with E-state index in [4.69, 9.17) is 10.5 Å². The molecule has 0 bridgehead atoms. The van der Waals surface area contributed by atoms with Crippen molar-refractivity contribution in [3.63, 3.8) is 0 Å². The highest BCUT2D eigenvalue weighted by Crippen LogP contribution is 2.31. The van der Waals surface area contributed by atoms with Gasteiger partial charge in [-0.2, -0.15) is 4.31 Å². The number of anilines is 2. The van der Waals surface area contributed by atoms with Gasteiger partial charge < -0.3 is 20.7 Å². The van der Waals surface area contributed by atoms with Crippen LogP contribution in [0.4, 0.5) is 19.7 Å². The summed E-state index contributed by atoms with van der Waals surface area (Å²) in [6, 6.07) is 6.08. The number of nitrogens with two attached hydrogens (primary N) is 1. The minimum Gasteiger partial charge on any atom is -0.478 e. The number of ketones is 1. The number of pyridine rings is 1. The highest BCUT2D eigenvalue weighted by Gasteiger charge is 2.31. The molecule has 0 atom stereocenters. The van der Waals surface area contributed by atoms with Crippen LogP contribution in [0.15, 0.2) is 41.4 Å². The van der Waals surface area contributed by atoms with Gasteiger partial charge in [-0.1, -0.05) is 17.4 Å². The quantitative estimate of drug-likeness (QED) is 0.245. The third kappa shape index (κ3) is 7.43. The van der Waals surface area contributed by atoms with Gasteiger partial charge in [-0.25, -0.2) is 27.2 Å². The molecule has 1 aliphatic heterocycles. The molecule has 1 fully saturated rings. The van der Waals surface area contributed by atoms with Gasteiger partial charge in [-0.3, -0.25) is 4.79 Å². The van der Waals surface area contributed by atoms with Crippen molar-refractivity contribution in [2.45, 2.75) is 30.2 Å². The van der Waals surface area contributed by atoms with Crippen molar-refractivity contribution in [1.29, 1.82) is 0 Å². The monoisotopic (exact) mass is 616 g/mol. The Morgan fingerprint density at radius 1 is 1.20 bits per heavy atom. The molecule has 218 valence electrons. The summed E-state index contributed by atoms with van der Waals surface area (Å²) >= 11 is 0.902. The Balaban J connectivity index is 0.00000441. The van der Waals surface area contributed by atoms with Crippen LogP contribution in [-0.2, 0) is 10.0 Å². The Morgan fingerprint density at radius 2 is 1.88 bits per heavy atom. The predicted molar refractivity (Wildman–Crippen MR) is 152 cm³/mol. The smallest absolute Gasteiger partial charge is 0.244 e. The second-order valence-corrected chi connectivity index (χ2v) is 12.3. The minimum absolute atomic E-state index is 0. The van der Waals surface area contributed by atoms with Crippen LogP contribution in [0, 0.1) is 11.6 Å². The van der Waals surface area contributed by atoms with Crippen LogP contribution in [0.5, 0.6) is 5.88 Å². The van der Waals surface area contributed by atoms with E-state index in [0.717, 1.165) is 36.4 Å². The van der Waals surface area contributed by atoms with Gasteiger partial charge in [0.25, 0.3) is 0 Å². The largest absolute Gasteiger partial charge is 0.478 e. The molecule has 1 aromatic carbocycles. The van der Waals surface area contributed by atoms with Crippen molar-refractivity contribution in [3.05, 3.63) is 58.6 Å². The number of benzene rings is 1. The second-order valence-electron chi connectivity index (χ2n) is 9.32. The summed E-state index contributed by atoms with van der Waals surface area (Å²) in [6.45, 7) is 1.88. The fourth-order valence-electron chi connectivity index (χ4n) is 4.11. The molecule has 0 saturated carbocycles. The van der Waals surface area contributed by atoms with Crippen molar-refractivity contribution >= 4 is 50.5 Å². The van der Waals surface area contributed by atoms with Crippen molar-refractivity contribution in [1.82, 2.24) is 19.2 Å². The molecule has 0 aliphatic carbocycles. The number of nitrogen functional groups attached to an aromatic ring is 1. The standard InChI is InChI=1S/C25H30F2N6O4S2.ClH/c1-32(2)11-4-14-37-20-8-7-17(15-29-20)39(35,36)33-12-9-16(10-13-33)30-25-31-24(28)23(38-25)22(34)21-18(26)5-3-6-19(21)27;/h3,5-8,15-16H,4,9-14,28H2,1-2H3,(H,30,31);1H. The molecule has 15 heteroatoms. The van der Waals surface area contributed by atoms with Crippen molar-refractivity contribution < 1.29 is 26.7 Å². The molecule has 3 heterocycles. The number of halogens is 3. The van der Waals surface area contributed by atoms with Crippen molar-refractivity contribution in [3.8, 4) is 5.88 Å². The fraction of sp³-hybridized carbons (Fsp3) is 0.400. The number of piperidine rings is 1. The third-order valence-corrected chi connectivity index (χ3v) is 9.06. The first-order valence-corrected chi connectivity index (χ1v) is 14.6. The lowest BCUT2D eigenvalue weighted by molar-refractivity contribution is 0.103. The molecule has 1 saturated heterocycles. The molecule has 3 aromatic rings. The average Bonchev–Trinajstić information content (AvgIpc) is 3.26. The lowest BCUT2D eigenvalue weighted by Crippen LogP contribution is -2.42. The van der Waals surface area contributed by atoms with Gasteiger partial charge in [0.1, 0.15) is 27.2 Å². The number of ether oxygens (including phenoxy) is 1. The number of nitrogens with zero attached hydrogens (tertiary/aromatic N) is 4. The number of rotatable bonds is 11. The normalized spacial score (nSPS) is 14.6. The Morgan fingerprint density at radius 3 is 2.48 bits per heavy atom. The molecular weight excluding hydrogens is 586 g/mol. The minimum atomic E-state index is -3.73. The number of hydrogen-bond acceptors (Lipinski definition) is 10. The molecular formula is C25H31ClF2N6O4S2. The van der Waals surface area contributed by atoms with Gasteiger partial charge in [-0.15, -0.1) is 12.4 Å². The van der Waals surface area contributed by atoms with E-state index in [9.17, 15) is 22.0 Å². The number of nitrogens with one attached hydrogen (secondary N) is 1. The Bertz CT molecular complexity index is 1390. The van der Waals surface area contributed by atoms with Crippen molar-refractivity contribution in [2.24, 2.45) is 0 Å². The molecule has 0 spiro atoms. The maximum absolute atomic E-state index is 14.1. The molecule has 0 radical (unpaired) electrons. The number of carbonyl (C=O) groups excluding carboxylic acids is 1. The van der Waals surface area contributed by atoms with E-state index in [-0.39, 0.29) is 47.1 Å². The summed E-state index contributed by atoms with van der Waals surface area (Å²) in [5.41, 5.74) is 5.19. The number of aromatic nitrogens is 2. The molecule has 1 aliphatic rings. The van der Waals surface area contributed by atoms with Crippen LogP contribution < -0.4 is 15.8 Å². The molecule has 0 amide bonds. The summed E-state index contributed by atoms with van der Waals surface area (Å²) in [6.07, 6.45) is 3.08. The average molecular weight is 617 g/mol. The van der Waals surface area contributed by atoms with Gasteiger partial charge >= 0.3 is 0 Å². The van der Waals surface area contributed by atoms with Gasteiger partial charge in [-0.05, 0) is 51.6 Å². The van der Waals surface area contributed by atoms with E-state index in [1.165, 1.54) is 22.6 Å². The fourth-order valence-corrected chi connectivity index (χ4v) is 6.43. The van der Waals surface area contributed by atoms with E-state index in [2.05, 4.69) is 15.3 Å². The van der Waals surface area contributed by atoms with Crippen LogP contribution >= 0.6 is 23.7 Å². The van der Waals surface area contributed by atoms with E-state index >= 15 is 0 Å². The highest BCUT2D eigenvalue weighted by atomic mass is 35.5. The van der Waals surface area contributed by atoms with E-state index in [0.29, 0.717) is 30.5 Å². The predicted octanol–water partition coefficient (Wildman–Crippen LogP) is 3.65. The first-order chi connectivity index (χ1) is 18.6. The first kappa shape index (κ1) is 31.6. The van der Waals surface area contributed by atoms with Gasteiger partial charge in [0.2, 0.25) is 21.7 Å². The summed E-state index contributed by atoms with van der Waals surface area (Å²) in [7, 11) is 0.219. The third-order valence-electron chi connectivity index (χ3n) is 6.18. The molecule has 0 unspecified atom stereocenters. The van der Waals surface area contributed by atoms with Crippen molar-refractivity contribution in [2.75, 3.05) is 51.4 Å². The Kier molecular flexibility index (Phi) is 10.8. The summed E-state index contributed by atoms with van der Waals surface area (Å²) in [5, 5.41) is 3.48. The number of thiazole rings is 1. The topological polar surface area (TPSA) is 131 Å². The molecule has 40 heavy (non-hydrogen) atoms. The molecule has 3 N–H and O–H groups in total. The summed E-state index contributed by atoms with van der Waals surface area (Å²) < 4.78 is 61.3. The van der Waals surface area contributed by atoms with Crippen LogP contribution in [-0.4, -0.2) is 79.8 Å². The molecule has 4 rings (SSSR count). The van der Waals surface area contributed by atoms with Crippen LogP contribution in [0.3, 0.4) is 0 Å². The maximum atomic E-state index is 14.1. The van der Waals surface area contributed by atoms with E-state index in [1.54, 1.807) is 6.07 Å². The Labute approximate surface area is 242 Å². The van der Waals surface area contributed by atoms with Crippen LogP contribution in [0.1, 0.15) is 34.5 Å². The number of sulfonamides is 1. The van der Waals surface area contributed by atoms with Gasteiger partial charge in [0.15, 0.2) is 5.13 Å². The van der Waals surface area contributed by atoms with E-state index in [1.807, 2.05) is 19.0 Å². The van der Waals surface area contributed by atoms with Crippen LogP contribution in [0.2, 0.25) is 0 Å². The summed E-state index contributed by atoms with van der Waals surface area (Å²) in [4.78, 5) is 23.0. The number of hydrogen-bond donors (Lipinski definition) is 2. The van der Waals surface area contributed by atoms with Gasteiger partial charge in [0.05, 0.1) is 18.4 Å². The lowest BCUT2D eigenvalue weighted by atomic mass is 10.1. The van der Waals surface area contributed by atoms with Gasteiger partial charge in [0, 0.05) is 31.7 Å². The lowest BCUT2D eigenvalue weighted by Gasteiger charge is -2.31. The second kappa shape index (κ2) is 13.6. The molecule has 10 nitrogen and oxygen atoms in total. The zero-order valence-electron chi connectivity index (χ0n) is 22.0. The SMILES string of the molecule is CN(C)CCCOc1ccc(S(=O)(=O)N2CCC(Nc3nc(N)c(C(=O)c4c(F)cccc4F)s3)CC2)cn1.Cl. The number of carbonyl (C=O) groups is 1. The maximum Gasteiger partial charge on any atom is 0.244 e. The zero-order valence-corrected chi connectivity index (χ0v) is 24.4. The van der Waals surface area contributed by atoms with E-state index < -0.39 is 33.0 Å².